The molecule has 1 aromatic heterocycles. The smallest absolute Gasteiger partial charge is 0.135 e. The van der Waals surface area contributed by atoms with Crippen LogP contribution in [0.5, 0.6) is 0 Å². The number of hydrogen-bond donors (Lipinski definition) is 0. The molecule has 0 aliphatic heterocycles. The lowest BCUT2D eigenvalue weighted by Crippen LogP contribution is -2.10. The van der Waals surface area contributed by atoms with Crippen LogP contribution < -0.4 is 0 Å². The van der Waals surface area contributed by atoms with Crippen LogP contribution >= 0.6 is 0 Å². The van der Waals surface area contributed by atoms with Gasteiger partial charge in [0.1, 0.15) is 11.2 Å². The lowest BCUT2D eigenvalue weighted by atomic mass is 9.86. The van der Waals surface area contributed by atoms with E-state index in [1.807, 2.05) is 0 Å². The molecule has 0 aliphatic carbocycles. The molecule has 0 aliphatic rings. The molecule has 1 heteroatoms. The second-order valence-electron chi connectivity index (χ2n) is 6.96. The van der Waals surface area contributed by atoms with Crippen LogP contribution in [0.4, 0.5) is 0 Å². The molecule has 0 N–H and O–H groups in total. The molecule has 0 fully saturated rings. The van der Waals surface area contributed by atoms with Crippen molar-refractivity contribution in [2.75, 3.05) is 0 Å². The van der Waals surface area contributed by atoms with Crippen LogP contribution in [0, 0.1) is 0 Å². The van der Waals surface area contributed by atoms with Crippen LogP contribution in [0.2, 0.25) is 0 Å². The molecule has 3 aromatic rings. The highest BCUT2D eigenvalue weighted by atomic mass is 16.3. The maximum atomic E-state index is 6.04. The fourth-order valence-corrected chi connectivity index (χ4v) is 2.94. The van der Waals surface area contributed by atoms with E-state index in [9.17, 15) is 0 Å². The molecular formula is C20H24O. The third-order valence-corrected chi connectivity index (χ3v) is 4.25. The SMILES string of the molecule is CCCCc1cccc2oc3ccc(C(C)(C)C)cc3c12. The van der Waals surface area contributed by atoms with Crippen LogP contribution in [0.15, 0.2) is 40.8 Å². The molecule has 0 amide bonds. The highest BCUT2D eigenvalue weighted by molar-refractivity contribution is 6.07. The van der Waals surface area contributed by atoms with Gasteiger partial charge in [-0.3, -0.25) is 0 Å². The van der Waals surface area contributed by atoms with E-state index in [0.29, 0.717) is 0 Å². The average Bonchev–Trinajstić information content (AvgIpc) is 2.82. The van der Waals surface area contributed by atoms with Gasteiger partial charge in [0.15, 0.2) is 0 Å². The van der Waals surface area contributed by atoms with Crippen LogP contribution in [-0.4, -0.2) is 0 Å². The first-order valence-electron chi connectivity index (χ1n) is 7.95. The van der Waals surface area contributed by atoms with Gasteiger partial charge in [-0.2, -0.15) is 0 Å². The summed E-state index contributed by atoms with van der Waals surface area (Å²) in [6, 6.07) is 13.1. The van der Waals surface area contributed by atoms with Crippen molar-refractivity contribution in [1.82, 2.24) is 0 Å². The van der Waals surface area contributed by atoms with Gasteiger partial charge in [-0.05, 0) is 47.6 Å². The number of furan rings is 1. The number of rotatable bonds is 3. The third kappa shape index (κ3) is 2.57. The first-order valence-corrected chi connectivity index (χ1v) is 7.95. The molecule has 21 heavy (non-hydrogen) atoms. The van der Waals surface area contributed by atoms with Gasteiger partial charge in [-0.25, -0.2) is 0 Å². The van der Waals surface area contributed by atoms with Gasteiger partial charge in [0, 0.05) is 10.8 Å². The van der Waals surface area contributed by atoms with E-state index < -0.39 is 0 Å². The summed E-state index contributed by atoms with van der Waals surface area (Å²) in [6.07, 6.45) is 3.58. The molecule has 1 heterocycles. The first kappa shape index (κ1) is 14.2. The predicted octanol–water partition coefficient (Wildman–Crippen LogP) is 6.23. The van der Waals surface area contributed by atoms with Crippen molar-refractivity contribution in [2.45, 2.75) is 52.4 Å². The molecule has 0 unspecified atom stereocenters. The van der Waals surface area contributed by atoms with Crippen molar-refractivity contribution in [2.24, 2.45) is 0 Å². The Morgan fingerprint density at radius 2 is 1.81 bits per heavy atom. The van der Waals surface area contributed by atoms with Crippen LogP contribution in [-0.2, 0) is 11.8 Å². The fraction of sp³-hybridized carbons (Fsp3) is 0.400. The highest BCUT2D eigenvalue weighted by Crippen LogP contribution is 2.35. The molecule has 0 bridgehead atoms. The number of benzene rings is 2. The van der Waals surface area contributed by atoms with Gasteiger partial charge in [-0.1, -0.05) is 52.3 Å². The van der Waals surface area contributed by atoms with E-state index in [1.165, 1.54) is 34.7 Å². The van der Waals surface area contributed by atoms with Gasteiger partial charge in [0.2, 0.25) is 0 Å². The van der Waals surface area contributed by atoms with Gasteiger partial charge >= 0.3 is 0 Å². The van der Waals surface area contributed by atoms with Gasteiger partial charge in [-0.15, -0.1) is 0 Å². The molecule has 0 saturated heterocycles. The van der Waals surface area contributed by atoms with Gasteiger partial charge < -0.3 is 4.42 Å². The Balaban J connectivity index is 2.26. The zero-order valence-corrected chi connectivity index (χ0v) is 13.5. The summed E-state index contributed by atoms with van der Waals surface area (Å²) in [6.45, 7) is 9.02. The standard InChI is InChI=1S/C20H24O/c1-5-6-8-14-9-7-10-18-19(14)16-13-15(20(2,3)4)11-12-17(16)21-18/h7,9-13H,5-6,8H2,1-4H3. The topological polar surface area (TPSA) is 13.1 Å². The van der Waals surface area contributed by atoms with E-state index in [2.05, 4.69) is 64.1 Å². The van der Waals surface area contributed by atoms with Gasteiger partial charge in [0.05, 0.1) is 0 Å². The van der Waals surface area contributed by atoms with Crippen molar-refractivity contribution >= 4 is 21.9 Å². The number of hydrogen-bond acceptors (Lipinski definition) is 1. The van der Waals surface area contributed by atoms with Gasteiger partial charge in [0.25, 0.3) is 0 Å². The zero-order chi connectivity index (χ0) is 15.0. The Hall–Kier alpha value is -1.76. The zero-order valence-electron chi connectivity index (χ0n) is 13.5. The second kappa shape index (κ2) is 5.22. The number of fused-ring (bicyclic) bond motifs is 3. The minimum Gasteiger partial charge on any atom is -0.456 e. The van der Waals surface area contributed by atoms with Crippen molar-refractivity contribution < 1.29 is 4.42 Å². The van der Waals surface area contributed by atoms with Crippen molar-refractivity contribution in [3.05, 3.63) is 47.5 Å². The molecule has 2 aromatic carbocycles. The summed E-state index contributed by atoms with van der Waals surface area (Å²) in [4.78, 5) is 0. The Morgan fingerprint density at radius 3 is 2.52 bits per heavy atom. The van der Waals surface area contributed by atoms with E-state index in [4.69, 9.17) is 4.42 Å². The Kier molecular flexibility index (Phi) is 3.52. The summed E-state index contributed by atoms with van der Waals surface area (Å²) < 4.78 is 6.04. The molecule has 0 saturated carbocycles. The quantitative estimate of drug-likeness (QED) is 0.554. The highest BCUT2D eigenvalue weighted by Gasteiger charge is 2.17. The van der Waals surface area contributed by atoms with Crippen molar-refractivity contribution in [1.29, 1.82) is 0 Å². The average molecular weight is 280 g/mol. The van der Waals surface area contributed by atoms with Crippen molar-refractivity contribution in [3.8, 4) is 0 Å². The minimum absolute atomic E-state index is 0.163. The summed E-state index contributed by atoms with van der Waals surface area (Å²) >= 11 is 0. The fourth-order valence-electron chi connectivity index (χ4n) is 2.94. The van der Waals surface area contributed by atoms with Crippen molar-refractivity contribution in [3.63, 3.8) is 0 Å². The first-order chi connectivity index (χ1) is 10.0. The predicted molar refractivity (Wildman–Crippen MR) is 91.0 cm³/mol. The monoisotopic (exact) mass is 280 g/mol. The number of aryl methyl sites for hydroxylation is 1. The Labute approximate surface area is 127 Å². The lowest BCUT2D eigenvalue weighted by molar-refractivity contribution is 0.590. The maximum Gasteiger partial charge on any atom is 0.135 e. The molecule has 0 radical (unpaired) electrons. The summed E-state index contributed by atoms with van der Waals surface area (Å²) in [7, 11) is 0. The van der Waals surface area contributed by atoms with Crippen LogP contribution in [0.25, 0.3) is 21.9 Å². The van der Waals surface area contributed by atoms with E-state index in [0.717, 1.165) is 17.6 Å². The molecule has 0 atom stereocenters. The third-order valence-electron chi connectivity index (χ3n) is 4.25. The lowest BCUT2D eigenvalue weighted by Gasteiger charge is -2.18. The molecule has 110 valence electrons. The van der Waals surface area contributed by atoms with Crippen LogP contribution in [0.1, 0.15) is 51.7 Å². The molecule has 0 spiro atoms. The summed E-state index contributed by atoms with van der Waals surface area (Å²) in [5.41, 5.74) is 4.96. The molecule has 3 rings (SSSR count). The Morgan fingerprint density at radius 1 is 1.00 bits per heavy atom. The summed E-state index contributed by atoms with van der Waals surface area (Å²) in [5.74, 6) is 0. The largest absolute Gasteiger partial charge is 0.456 e. The second-order valence-corrected chi connectivity index (χ2v) is 6.96. The molecule has 1 nitrogen and oxygen atoms in total. The normalized spacial score (nSPS) is 12.4. The van der Waals surface area contributed by atoms with Crippen LogP contribution in [0.3, 0.4) is 0 Å². The van der Waals surface area contributed by atoms with E-state index in [1.54, 1.807) is 0 Å². The van der Waals surface area contributed by atoms with E-state index in [-0.39, 0.29) is 5.41 Å². The molecular weight excluding hydrogens is 256 g/mol. The summed E-state index contributed by atoms with van der Waals surface area (Å²) in [5, 5.41) is 2.58. The number of unbranched alkanes of at least 4 members (excludes halogenated alkanes) is 1. The Bertz CT molecular complexity index is 771. The minimum atomic E-state index is 0.163. The maximum absolute atomic E-state index is 6.04. The van der Waals surface area contributed by atoms with E-state index >= 15 is 0 Å².